The Hall–Kier alpha value is 0.557. The standard InChI is InChI=1S/C12H27N.Li.H/c1-2-3-4-5-6-7-8-9-10-11-12-13;;/h2-13H2,1H3;;/q;+1;-1. The maximum Gasteiger partial charge on any atom is 1.00 e. The van der Waals surface area contributed by atoms with Gasteiger partial charge in [-0.1, -0.05) is 64.7 Å². The van der Waals surface area contributed by atoms with Gasteiger partial charge in [-0.15, -0.1) is 0 Å². The molecule has 0 aromatic heterocycles. The van der Waals surface area contributed by atoms with E-state index in [9.17, 15) is 0 Å². The van der Waals surface area contributed by atoms with E-state index in [2.05, 4.69) is 6.92 Å². The van der Waals surface area contributed by atoms with Gasteiger partial charge in [-0.2, -0.15) is 0 Å². The van der Waals surface area contributed by atoms with Crippen molar-refractivity contribution in [2.75, 3.05) is 6.54 Å². The molecule has 0 heterocycles. The van der Waals surface area contributed by atoms with Gasteiger partial charge in [0, 0.05) is 0 Å². The van der Waals surface area contributed by atoms with Crippen molar-refractivity contribution in [2.45, 2.75) is 71.1 Å². The molecule has 0 saturated carbocycles. The van der Waals surface area contributed by atoms with Gasteiger partial charge >= 0.3 is 18.9 Å². The van der Waals surface area contributed by atoms with E-state index in [0.29, 0.717) is 0 Å². The smallest absolute Gasteiger partial charge is 1.00 e. The molecule has 2 heteroatoms. The Labute approximate surface area is 104 Å². The van der Waals surface area contributed by atoms with Crippen LogP contribution < -0.4 is 24.6 Å². The van der Waals surface area contributed by atoms with Crippen molar-refractivity contribution in [1.29, 1.82) is 0 Å². The molecule has 0 spiro atoms. The van der Waals surface area contributed by atoms with Crippen molar-refractivity contribution in [3.63, 3.8) is 0 Å². The summed E-state index contributed by atoms with van der Waals surface area (Å²) in [6.45, 7) is 3.14. The quantitative estimate of drug-likeness (QED) is 0.406. The van der Waals surface area contributed by atoms with Gasteiger partial charge in [0.15, 0.2) is 0 Å². The number of hydrogen-bond acceptors (Lipinski definition) is 1. The SMILES string of the molecule is CCCCCCCCCCCCN.[H-].[Li+]. The topological polar surface area (TPSA) is 26.0 Å². The summed E-state index contributed by atoms with van der Waals surface area (Å²) in [6.07, 6.45) is 13.9. The molecule has 0 radical (unpaired) electrons. The second-order valence-electron chi connectivity index (χ2n) is 3.97. The van der Waals surface area contributed by atoms with Gasteiger partial charge < -0.3 is 7.16 Å². The van der Waals surface area contributed by atoms with E-state index in [1.54, 1.807) is 0 Å². The molecular weight excluding hydrogens is 165 g/mol. The fourth-order valence-corrected chi connectivity index (χ4v) is 1.63. The normalized spacial score (nSPS) is 9.86. The summed E-state index contributed by atoms with van der Waals surface area (Å²) in [4.78, 5) is 0. The van der Waals surface area contributed by atoms with Gasteiger partial charge in [0.1, 0.15) is 0 Å². The largest absolute Gasteiger partial charge is 1.00 e. The molecule has 0 aromatic rings. The Morgan fingerprint density at radius 1 is 0.714 bits per heavy atom. The van der Waals surface area contributed by atoms with E-state index in [4.69, 9.17) is 5.73 Å². The van der Waals surface area contributed by atoms with Crippen molar-refractivity contribution in [2.24, 2.45) is 5.73 Å². The van der Waals surface area contributed by atoms with Crippen LogP contribution in [0.2, 0.25) is 0 Å². The molecule has 82 valence electrons. The van der Waals surface area contributed by atoms with Crippen LogP contribution in [-0.4, -0.2) is 6.54 Å². The van der Waals surface area contributed by atoms with E-state index >= 15 is 0 Å². The summed E-state index contributed by atoms with van der Waals surface area (Å²) in [5, 5.41) is 0. The monoisotopic (exact) mass is 193 g/mol. The molecule has 0 saturated heterocycles. The fourth-order valence-electron chi connectivity index (χ4n) is 1.63. The molecule has 0 aromatic carbocycles. The van der Waals surface area contributed by atoms with E-state index < -0.39 is 0 Å². The van der Waals surface area contributed by atoms with Crippen LogP contribution in [0, 0.1) is 0 Å². The molecule has 14 heavy (non-hydrogen) atoms. The van der Waals surface area contributed by atoms with E-state index in [1.807, 2.05) is 0 Å². The second kappa shape index (κ2) is 16.0. The van der Waals surface area contributed by atoms with Crippen LogP contribution in [0.3, 0.4) is 0 Å². The zero-order valence-corrected chi connectivity index (χ0v) is 10.4. The van der Waals surface area contributed by atoms with Crippen molar-refractivity contribution in [3.05, 3.63) is 0 Å². The first-order valence-electron chi connectivity index (χ1n) is 6.12. The maximum atomic E-state index is 5.42. The first-order valence-corrected chi connectivity index (χ1v) is 6.12. The predicted molar refractivity (Wildman–Crippen MR) is 62.0 cm³/mol. The average Bonchev–Trinajstić information content (AvgIpc) is 2.16. The third-order valence-electron chi connectivity index (χ3n) is 2.56. The molecule has 2 N–H and O–H groups in total. The minimum absolute atomic E-state index is 0. The predicted octanol–water partition coefficient (Wildman–Crippen LogP) is 0.983. The van der Waals surface area contributed by atoms with Crippen LogP contribution in [0.5, 0.6) is 0 Å². The van der Waals surface area contributed by atoms with E-state index in [0.717, 1.165) is 6.54 Å². The Morgan fingerprint density at radius 2 is 1.07 bits per heavy atom. The molecular formula is C12H28LiN. The number of rotatable bonds is 10. The molecule has 0 atom stereocenters. The molecule has 0 unspecified atom stereocenters. The molecule has 0 fully saturated rings. The van der Waals surface area contributed by atoms with Gasteiger partial charge in [-0.3, -0.25) is 0 Å². The molecule has 0 aliphatic rings. The van der Waals surface area contributed by atoms with Gasteiger partial charge in [0.2, 0.25) is 0 Å². The number of nitrogens with two attached hydrogens (primary N) is 1. The van der Waals surface area contributed by atoms with Crippen LogP contribution in [0.1, 0.15) is 72.6 Å². The summed E-state index contributed by atoms with van der Waals surface area (Å²) in [6, 6.07) is 0. The Balaban J connectivity index is -0.000000720. The minimum Gasteiger partial charge on any atom is -1.00 e. The van der Waals surface area contributed by atoms with Crippen molar-refractivity contribution < 1.29 is 20.3 Å². The molecule has 0 rings (SSSR count). The maximum absolute atomic E-state index is 5.42. The molecule has 0 bridgehead atoms. The minimum atomic E-state index is 0. The first kappa shape index (κ1) is 17.0. The van der Waals surface area contributed by atoms with Crippen LogP contribution in [0.25, 0.3) is 0 Å². The van der Waals surface area contributed by atoms with Crippen LogP contribution in [0.4, 0.5) is 0 Å². The van der Waals surface area contributed by atoms with Gasteiger partial charge in [0.05, 0.1) is 0 Å². The summed E-state index contributed by atoms with van der Waals surface area (Å²) >= 11 is 0. The Bertz CT molecular complexity index is 81.7. The third-order valence-corrected chi connectivity index (χ3v) is 2.56. The zero-order chi connectivity index (χ0) is 9.78. The van der Waals surface area contributed by atoms with E-state index in [1.165, 1.54) is 64.2 Å². The summed E-state index contributed by atoms with van der Waals surface area (Å²) < 4.78 is 0. The molecule has 1 nitrogen and oxygen atoms in total. The molecule has 0 aliphatic heterocycles. The molecule has 0 aliphatic carbocycles. The van der Waals surface area contributed by atoms with Crippen LogP contribution in [-0.2, 0) is 0 Å². The Kier molecular flexibility index (Phi) is 19.4. The average molecular weight is 193 g/mol. The third kappa shape index (κ3) is 15.0. The van der Waals surface area contributed by atoms with Gasteiger partial charge in [-0.25, -0.2) is 0 Å². The zero-order valence-electron chi connectivity index (χ0n) is 11.4. The van der Waals surface area contributed by atoms with Crippen LogP contribution in [0.15, 0.2) is 0 Å². The van der Waals surface area contributed by atoms with Crippen molar-refractivity contribution in [3.8, 4) is 0 Å². The second-order valence-corrected chi connectivity index (χ2v) is 3.97. The number of unbranched alkanes of at least 4 members (excludes halogenated alkanes) is 9. The Morgan fingerprint density at radius 3 is 1.43 bits per heavy atom. The fraction of sp³-hybridized carbons (Fsp3) is 1.00. The van der Waals surface area contributed by atoms with Gasteiger partial charge in [0.25, 0.3) is 0 Å². The molecule has 0 amide bonds. The summed E-state index contributed by atoms with van der Waals surface area (Å²) in [5.41, 5.74) is 5.42. The van der Waals surface area contributed by atoms with Crippen molar-refractivity contribution in [1.82, 2.24) is 0 Å². The summed E-state index contributed by atoms with van der Waals surface area (Å²) in [7, 11) is 0. The first-order chi connectivity index (χ1) is 6.41. The van der Waals surface area contributed by atoms with Crippen molar-refractivity contribution >= 4 is 0 Å². The van der Waals surface area contributed by atoms with Crippen LogP contribution >= 0.6 is 0 Å². The number of hydrogen-bond donors (Lipinski definition) is 1. The van der Waals surface area contributed by atoms with Gasteiger partial charge in [-0.05, 0) is 13.0 Å². The summed E-state index contributed by atoms with van der Waals surface area (Å²) in [5.74, 6) is 0. The van der Waals surface area contributed by atoms with E-state index in [-0.39, 0.29) is 20.3 Å².